The maximum absolute atomic E-state index is 11.8. The first-order valence-electron chi connectivity index (χ1n) is 7.86. The van der Waals surface area contributed by atoms with E-state index in [2.05, 4.69) is 15.3 Å². The van der Waals surface area contributed by atoms with Crippen LogP contribution in [0.5, 0.6) is 0 Å². The molecule has 5 N–H and O–H groups in total. The van der Waals surface area contributed by atoms with Crippen LogP contribution in [0.1, 0.15) is 35.7 Å². The molecule has 0 unspecified atom stereocenters. The van der Waals surface area contributed by atoms with Crippen molar-refractivity contribution in [3.63, 3.8) is 0 Å². The zero-order chi connectivity index (χ0) is 16.7. The van der Waals surface area contributed by atoms with Gasteiger partial charge in [-0.1, -0.05) is 12.1 Å². The predicted molar refractivity (Wildman–Crippen MR) is 99.5 cm³/mol. The Morgan fingerprint density at radius 3 is 2.67 bits per heavy atom. The van der Waals surface area contributed by atoms with Crippen LogP contribution < -0.4 is 16.8 Å². The Labute approximate surface area is 148 Å². The normalized spacial score (nSPS) is 15.1. The number of nitrogens with zero attached hydrogens (tertiary/aromatic N) is 3. The Balaban J connectivity index is 0.00000288. The molecule has 0 aliphatic carbocycles. The van der Waals surface area contributed by atoms with Crippen molar-refractivity contribution in [1.82, 2.24) is 10.2 Å². The van der Waals surface area contributed by atoms with Crippen LogP contribution in [-0.2, 0) is 6.54 Å². The summed E-state index contributed by atoms with van der Waals surface area (Å²) >= 11 is 0. The number of carbonyl (C=O) groups excluding carboxylic acids is 1. The molecule has 0 radical (unpaired) electrons. The van der Waals surface area contributed by atoms with E-state index in [0.717, 1.165) is 31.5 Å². The lowest BCUT2D eigenvalue weighted by Crippen LogP contribution is -2.36. The first-order chi connectivity index (χ1) is 11.1. The summed E-state index contributed by atoms with van der Waals surface area (Å²) in [4.78, 5) is 22.2. The van der Waals surface area contributed by atoms with Gasteiger partial charge in [-0.15, -0.1) is 12.4 Å². The molecule has 1 aromatic rings. The Morgan fingerprint density at radius 1 is 1.29 bits per heavy atom. The Kier molecular flexibility index (Phi) is 8.05. The number of aliphatic imine (C=N–C) groups is 2. The molecule has 8 heteroatoms. The molecule has 0 saturated carbocycles. The lowest BCUT2D eigenvalue weighted by Gasteiger charge is -2.15. The standard InChI is InChI=1S/C16H24N6O.ClH/c1-2-19-14(23)13-7-5-6-12(10-13)11-20-15(17)21-16(18)22-8-3-4-9-22;/h5-7,10H,2-4,8-9,11H2,1H3,(H,19,23)(H4,17,18,20,21);1H. The third-order valence-corrected chi connectivity index (χ3v) is 3.61. The number of halogens is 1. The highest BCUT2D eigenvalue weighted by molar-refractivity contribution is 5.94. The second-order valence-electron chi connectivity index (χ2n) is 5.40. The first kappa shape index (κ1) is 19.8. The van der Waals surface area contributed by atoms with E-state index < -0.39 is 0 Å². The molecule has 1 saturated heterocycles. The summed E-state index contributed by atoms with van der Waals surface area (Å²) in [5.74, 6) is 0.472. The lowest BCUT2D eigenvalue weighted by atomic mass is 10.1. The molecule has 0 bridgehead atoms. The van der Waals surface area contributed by atoms with Gasteiger partial charge in [-0.05, 0) is 37.5 Å². The maximum atomic E-state index is 11.8. The van der Waals surface area contributed by atoms with E-state index in [1.54, 1.807) is 12.1 Å². The van der Waals surface area contributed by atoms with Gasteiger partial charge in [0.05, 0.1) is 6.54 Å². The van der Waals surface area contributed by atoms with Gasteiger partial charge in [-0.25, -0.2) is 4.99 Å². The third-order valence-electron chi connectivity index (χ3n) is 3.61. The number of amides is 1. The average molecular weight is 353 g/mol. The molecule has 0 aromatic heterocycles. The van der Waals surface area contributed by atoms with E-state index in [-0.39, 0.29) is 24.3 Å². The minimum Gasteiger partial charge on any atom is -0.369 e. The van der Waals surface area contributed by atoms with Crippen LogP contribution in [-0.4, -0.2) is 42.4 Å². The summed E-state index contributed by atoms with van der Waals surface area (Å²) in [6.45, 7) is 4.67. The molecule has 7 nitrogen and oxygen atoms in total. The molecule has 132 valence electrons. The fraction of sp³-hybridized carbons (Fsp3) is 0.438. The molecule has 2 rings (SSSR count). The van der Waals surface area contributed by atoms with Crippen LogP contribution in [0.4, 0.5) is 0 Å². The largest absolute Gasteiger partial charge is 0.369 e. The number of nitrogens with one attached hydrogen (secondary N) is 1. The number of hydrogen-bond donors (Lipinski definition) is 3. The number of likely N-dealkylation sites (tertiary alicyclic amines) is 1. The predicted octanol–water partition coefficient (Wildman–Crippen LogP) is 1.08. The number of nitrogens with two attached hydrogens (primary N) is 2. The smallest absolute Gasteiger partial charge is 0.251 e. The summed E-state index contributed by atoms with van der Waals surface area (Å²) < 4.78 is 0. The van der Waals surface area contributed by atoms with Crippen LogP contribution in [0.2, 0.25) is 0 Å². The van der Waals surface area contributed by atoms with Crippen molar-refractivity contribution >= 4 is 30.2 Å². The molecule has 1 aromatic carbocycles. The molecule has 24 heavy (non-hydrogen) atoms. The zero-order valence-electron chi connectivity index (χ0n) is 13.9. The molecule has 1 aliphatic rings. The number of carbonyl (C=O) groups is 1. The van der Waals surface area contributed by atoms with Crippen molar-refractivity contribution in [1.29, 1.82) is 0 Å². The van der Waals surface area contributed by atoms with E-state index in [4.69, 9.17) is 11.5 Å². The monoisotopic (exact) mass is 352 g/mol. The van der Waals surface area contributed by atoms with E-state index in [1.165, 1.54) is 0 Å². The fourth-order valence-electron chi connectivity index (χ4n) is 2.42. The second-order valence-corrected chi connectivity index (χ2v) is 5.40. The van der Waals surface area contributed by atoms with E-state index >= 15 is 0 Å². The van der Waals surface area contributed by atoms with Crippen LogP contribution >= 0.6 is 12.4 Å². The summed E-state index contributed by atoms with van der Waals surface area (Å²) in [5, 5.41) is 2.77. The minimum absolute atomic E-state index is 0. The molecule has 1 amide bonds. The quantitative estimate of drug-likeness (QED) is 0.556. The van der Waals surface area contributed by atoms with E-state index in [0.29, 0.717) is 24.6 Å². The molecule has 1 heterocycles. The average Bonchev–Trinajstić information content (AvgIpc) is 3.08. The Morgan fingerprint density at radius 2 is 2.00 bits per heavy atom. The highest BCUT2D eigenvalue weighted by atomic mass is 35.5. The highest BCUT2D eigenvalue weighted by Crippen LogP contribution is 2.08. The zero-order valence-corrected chi connectivity index (χ0v) is 14.7. The number of hydrogen-bond acceptors (Lipinski definition) is 2. The van der Waals surface area contributed by atoms with Crippen LogP contribution in [0, 0.1) is 0 Å². The molecule has 0 spiro atoms. The van der Waals surface area contributed by atoms with Gasteiger partial charge in [0.15, 0.2) is 5.96 Å². The molecule has 1 aliphatic heterocycles. The summed E-state index contributed by atoms with van der Waals surface area (Å²) in [7, 11) is 0. The molecule has 0 atom stereocenters. The van der Waals surface area contributed by atoms with Crippen LogP contribution in [0.15, 0.2) is 34.3 Å². The van der Waals surface area contributed by atoms with Crippen LogP contribution in [0.25, 0.3) is 0 Å². The van der Waals surface area contributed by atoms with Crippen molar-refractivity contribution in [2.24, 2.45) is 21.5 Å². The molecular formula is C16H25ClN6O. The van der Waals surface area contributed by atoms with Gasteiger partial charge in [0.25, 0.3) is 5.91 Å². The fourth-order valence-corrected chi connectivity index (χ4v) is 2.42. The van der Waals surface area contributed by atoms with Crippen molar-refractivity contribution in [2.45, 2.75) is 26.3 Å². The number of guanidine groups is 2. The van der Waals surface area contributed by atoms with Crippen molar-refractivity contribution in [2.75, 3.05) is 19.6 Å². The van der Waals surface area contributed by atoms with E-state index in [9.17, 15) is 4.79 Å². The highest BCUT2D eigenvalue weighted by Gasteiger charge is 2.13. The Hall–Kier alpha value is -2.28. The molecular weight excluding hydrogens is 328 g/mol. The van der Waals surface area contributed by atoms with Crippen LogP contribution in [0.3, 0.4) is 0 Å². The van der Waals surface area contributed by atoms with Crippen molar-refractivity contribution in [3.8, 4) is 0 Å². The number of benzene rings is 1. The van der Waals surface area contributed by atoms with Gasteiger partial charge in [-0.3, -0.25) is 4.79 Å². The van der Waals surface area contributed by atoms with Crippen molar-refractivity contribution in [3.05, 3.63) is 35.4 Å². The van der Waals surface area contributed by atoms with Gasteiger partial charge in [0.1, 0.15) is 0 Å². The second kappa shape index (κ2) is 9.77. The van der Waals surface area contributed by atoms with E-state index in [1.807, 2.05) is 24.0 Å². The van der Waals surface area contributed by atoms with Gasteiger partial charge in [0, 0.05) is 25.2 Å². The topological polar surface area (TPSA) is 109 Å². The third kappa shape index (κ3) is 5.73. The van der Waals surface area contributed by atoms with Gasteiger partial charge >= 0.3 is 0 Å². The summed E-state index contributed by atoms with van der Waals surface area (Å²) in [6.07, 6.45) is 2.25. The maximum Gasteiger partial charge on any atom is 0.251 e. The minimum atomic E-state index is -0.0948. The van der Waals surface area contributed by atoms with Gasteiger partial charge in [-0.2, -0.15) is 4.99 Å². The summed E-state index contributed by atoms with van der Waals surface area (Å²) in [5.41, 5.74) is 13.2. The van der Waals surface area contributed by atoms with Gasteiger partial charge < -0.3 is 21.7 Å². The Bertz CT molecular complexity index is 610. The SMILES string of the molecule is CCNC(=O)c1cccc(CN=C(N)/N=C(/N)N2CCCC2)c1.Cl. The number of rotatable bonds is 4. The van der Waals surface area contributed by atoms with Gasteiger partial charge in [0.2, 0.25) is 5.96 Å². The summed E-state index contributed by atoms with van der Waals surface area (Å²) in [6, 6.07) is 7.29. The first-order valence-corrected chi connectivity index (χ1v) is 7.86. The van der Waals surface area contributed by atoms with Crippen molar-refractivity contribution < 1.29 is 4.79 Å². The molecule has 1 fully saturated rings. The lowest BCUT2D eigenvalue weighted by molar-refractivity contribution is 0.0955.